The number of pyridine rings is 1. The van der Waals surface area contributed by atoms with Crippen LogP contribution in [0.25, 0.3) is 0 Å². The molecule has 0 aliphatic rings. The van der Waals surface area contributed by atoms with Crippen molar-refractivity contribution < 1.29 is 14.3 Å². The lowest BCUT2D eigenvalue weighted by Gasteiger charge is -2.09. The molecule has 2 aromatic heterocycles. The predicted molar refractivity (Wildman–Crippen MR) is 63.1 cm³/mol. The lowest BCUT2D eigenvalue weighted by atomic mass is 10.2. The average molecular weight is 248 g/mol. The van der Waals surface area contributed by atoms with Crippen LogP contribution >= 0.6 is 0 Å². The third-order valence-corrected chi connectivity index (χ3v) is 2.39. The number of furan rings is 1. The summed E-state index contributed by atoms with van der Waals surface area (Å²) in [6, 6.07) is 6.21. The lowest BCUT2D eigenvalue weighted by Crippen LogP contribution is -2.32. The van der Waals surface area contributed by atoms with Crippen LogP contribution in [0.3, 0.4) is 0 Å². The highest BCUT2D eigenvalue weighted by molar-refractivity contribution is 5.93. The van der Waals surface area contributed by atoms with Crippen molar-refractivity contribution in [1.82, 2.24) is 10.3 Å². The van der Waals surface area contributed by atoms with Crippen LogP contribution < -0.4 is 10.9 Å². The van der Waals surface area contributed by atoms with Crippen molar-refractivity contribution in [3.63, 3.8) is 0 Å². The summed E-state index contributed by atoms with van der Waals surface area (Å²) in [5.74, 6) is -0.181. The van der Waals surface area contributed by atoms with Crippen LogP contribution in [-0.2, 0) is 0 Å². The minimum atomic E-state index is -0.938. The van der Waals surface area contributed by atoms with Gasteiger partial charge < -0.3 is 19.8 Å². The van der Waals surface area contributed by atoms with E-state index < -0.39 is 17.6 Å². The summed E-state index contributed by atoms with van der Waals surface area (Å²) in [6.07, 6.45) is 1.94. The van der Waals surface area contributed by atoms with Crippen LogP contribution in [-0.4, -0.2) is 22.5 Å². The number of amides is 1. The van der Waals surface area contributed by atoms with Crippen molar-refractivity contribution in [3.8, 4) is 0 Å². The molecule has 0 saturated heterocycles. The van der Waals surface area contributed by atoms with Crippen LogP contribution in [0.2, 0.25) is 0 Å². The van der Waals surface area contributed by atoms with Gasteiger partial charge in [-0.05, 0) is 24.3 Å². The number of carbonyl (C=O) groups excluding carboxylic acids is 1. The summed E-state index contributed by atoms with van der Waals surface area (Å²) in [4.78, 5) is 25.4. The highest BCUT2D eigenvalue weighted by atomic mass is 16.4. The molecule has 0 bridgehead atoms. The smallest absolute Gasteiger partial charge is 0.260 e. The first kappa shape index (κ1) is 12.1. The van der Waals surface area contributed by atoms with E-state index in [9.17, 15) is 14.7 Å². The Bertz CT molecular complexity index is 574. The number of H-pyrrole nitrogens is 1. The Balaban J connectivity index is 1.97. The van der Waals surface area contributed by atoms with Gasteiger partial charge in [-0.2, -0.15) is 0 Å². The fourth-order valence-electron chi connectivity index (χ4n) is 1.47. The number of hydrogen-bond acceptors (Lipinski definition) is 4. The van der Waals surface area contributed by atoms with Crippen molar-refractivity contribution in [3.05, 3.63) is 58.4 Å². The summed E-state index contributed by atoms with van der Waals surface area (Å²) in [7, 11) is 0. The molecule has 2 heterocycles. The van der Waals surface area contributed by atoms with Gasteiger partial charge in [0.2, 0.25) is 0 Å². The lowest BCUT2D eigenvalue weighted by molar-refractivity contribution is 0.0899. The quantitative estimate of drug-likeness (QED) is 0.731. The van der Waals surface area contributed by atoms with Crippen molar-refractivity contribution in [2.45, 2.75) is 6.10 Å². The number of nitrogens with one attached hydrogen (secondary N) is 2. The highest BCUT2D eigenvalue weighted by Crippen LogP contribution is 2.11. The third-order valence-electron chi connectivity index (χ3n) is 2.39. The van der Waals surface area contributed by atoms with Gasteiger partial charge in [0.05, 0.1) is 12.8 Å². The Morgan fingerprint density at radius 3 is 2.94 bits per heavy atom. The Kier molecular flexibility index (Phi) is 3.59. The molecule has 0 radical (unpaired) electrons. The monoisotopic (exact) mass is 248 g/mol. The maximum Gasteiger partial charge on any atom is 0.260 e. The van der Waals surface area contributed by atoms with Crippen molar-refractivity contribution in [2.75, 3.05) is 6.54 Å². The average Bonchev–Trinajstić information content (AvgIpc) is 2.90. The molecule has 0 spiro atoms. The van der Waals surface area contributed by atoms with E-state index in [1.807, 2.05) is 0 Å². The summed E-state index contributed by atoms with van der Waals surface area (Å²) in [5, 5.41) is 12.1. The summed E-state index contributed by atoms with van der Waals surface area (Å²) in [5.41, 5.74) is -0.466. The molecule has 3 N–H and O–H groups in total. The number of aromatic amines is 1. The van der Waals surface area contributed by atoms with E-state index >= 15 is 0 Å². The number of aromatic nitrogens is 1. The van der Waals surface area contributed by atoms with Gasteiger partial charge in [-0.3, -0.25) is 9.59 Å². The first-order valence-electron chi connectivity index (χ1n) is 5.36. The topological polar surface area (TPSA) is 95.3 Å². The molecule has 2 aromatic rings. The molecule has 1 amide bonds. The molecule has 0 fully saturated rings. The molecule has 1 atom stereocenters. The second-order valence-electron chi connectivity index (χ2n) is 3.65. The largest absolute Gasteiger partial charge is 0.467 e. The van der Waals surface area contributed by atoms with Crippen LogP contribution in [0, 0.1) is 0 Å². The van der Waals surface area contributed by atoms with E-state index in [-0.39, 0.29) is 12.1 Å². The van der Waals surface area contributed by atoms with Gasteiger partial charge in [0.25, 0.3) is 11.5 Å². The SMILES string of the molecule is O=C(NCC(O)c1ccco1)c1ccc[nH]c1=O. The minimum absolute atomic E-state index is 0.00384. The Hall–Kier alpha value is -2.34. The van der Waals surface area contributed by atoms with Crippen molar-refractivity contribution >= 4 is 5.91 Å². The highest BCUT2D eigenvalue weighted by Gasteiger charge is 2.14. The Labute approximate surface area is 102 Å². The van der Waals surface area contributed by atoms with Gasteiger partial charge in [0, 0.05) is 6.20 Å². The fourth-order valence-corrected chi connectivity index (χ4v) is 1.47. The van der Waals surface area contributed by atoms with E-state index in [1.54, 1.807) is 18.2 Å². The van der Waals surface area contributed by atoms with Gasteiger partial charge in [0.1, 0.15) is 17.4 Å². The summed E-state index contributed by atoms with van der Waals surface area (Å²) < 4.78 is 4.99. The zero-order chi connectivity index (χ0) is 13.0. The second kappa shape index (κ2) is 5.33. The molecular weight excluding hydrogens is 236 g/mol. The molecule has 0 saturated carbocycles. The van der Waals surface area contributed by atoms with Gasteiger partial charge in [-0.15, -0.1) is 0 Å². The normalized spacial score (nSPS) is 12.1. The van der Waals surface area contributed by atoms with Crippen LogP contribution in [0.15, 0.2) is 45.9 Å². The number of rotatable bonds is 4. The third kappa shape index (κ3) is 2.67. The van der Waals surface area contributed by atoms with E-state index in [4.69, 9.17) is 4.42 Å². The van der Waals surface area contributed by atoms with E-state index in [2.05, 4.69) is 10.3 Å². The summed E-state index contributed by atoms with van der Waals surface area (Å²) in [6.45, 7) is -0.0271. The van der Waals surface area contributed by atoms with Crippen LogP contribution in [0.4, 0.5) is 0 Å². The van der Waals surface area contributed by atoms with Gasteiger partial charge >= 0.3 is 0 Å². The zero-order valence-corrected chi connectivity index (χ0v) is 9.42. The Morgan fingerprint density at radius 2 is 2.28 bits per heavy atom. The summed E-state index contributed by atoms with van der Waals surface area (Å²) >= 11 is 0. The first-order valence-corrected chi connectivity index (χ1v) is 5.36. The standard InChI is InChI=1S/C12H12N2O4/c15-9(10-4-2-6-18-10)7-14-12(17)8-3-1-5-13-11(8)16/h1-6,9,15H,7H2,(H,13,16)(H,14,17). The van der Waals surface area contributed by atoms with Crippen molar-refractivity contribution in [2.24, 2.45) is 0 Å². The van der Waals surface area contributed by atoms with E-state index in [1.165, 1.54) is 18.5 Å². The van der Waals surface area contributed by atoms with Crippen molar-refractivity contribution in [1.29, 1.82) is 0 Å². The fraction of sp³-hybridized carbons (Fsp3) is 0.167. The van der Waals surface area contributed by atoms with E-state index in [0.29, 0.717) is 5.76 Å². The molecule has 18 heavy (non-hydrogen) atoms. The van der Waals surface area contributed by atoms with Gasteiger partial charge in [-0.25, -0.2) is 0 Å². The van der Waals surface area contributed by atoms with Crippen LogP contribution in [0.5, 0.6) is 0 Å². The maximum atomic E-state index is 11.7. The number of aliphatic hydroxyl groups is 1. The second-order valence-corrected chi connectivity index (χ2v) is 3.65. The molecule has 1 unspecified atom stereocenters. The van der Waals surface area contributed by atoms with E-state index in [0.717, 1.165) is 0 Å². The Morgan fingerprint density at radius 1 is 1.44 bits per heavy atom. The first-order chi connectivity index (χ1) is 8.68. The maximum absolute atomic E-state index is 11.7. The minimum Gasteiger partial charge on any atom is -0.467 e. The predicted octanol–water partition coefficient (Wildman–Crippen LogP) is 0.431. The number of carbonyl (C=O) groups is 1. The zero-order valence-electron chi connectivity index (χ0n) is 9.42. The molecule has 0 aliphatic heterocycles. The number of hydrogen-bond donors (Lipinski definition) is 3. The molecule has 6 nitrogen and oxygen atoms in total. The molecule has 2 rings (SSSR count). The van der Waals surface area contributed by atoms with Gasteiger partial charge in [-0.1, -0.05) is 0 Å². The van der Waals surface area contributed by atoms with Gasteiger partial charge in [0.15, 0.2) is 0 Å². The molecule has 0 aliphatic carbocycles. The number of aliphatic hydroxyl groups excluding tert-OH is 1. The molecular formula is C12H12N2O4. The molecule has 94 valence electrons. The molecule has 0 aromatic carbocycles. The molecule has 6 heteroatoms. The van der Waals surface area contributed by atoms with Crippen LogP contribution in [0.1, 0.15) is 22.2 Å².